The third kappa shape index (κ3) is 4.39. The van der Waals surface area contributed by atoms with E-state index in [-0.39, 0.29) is 0 Å². The Morgan fingerprint density at radius 1 is 1.08 bits per heavy atom. The molecule has 1 atom stereocenters. The van der Waals surface area contributed by atoms with Gasteiger partial charge < -0.3 is 10.2 Å². The van der Waals surface area contributed by atoms with Crippen LogP contribution >= 0.6 is 0 Å². The van der Waals surface area contributed by atoms with Crippen molar-refractivity contribution in [2.75, 3.05) is 19.6 Å². The molecule has 1 N–H and O–H groups in total. The Bertz CT molecular complexity index is 724. The van der Waals surface area contributed by atoms with E-state index in [1.54, 1.807) is 0 Å². The summed E-state index contributed by atoms with van der Waals surface area (Å²) < 4.78 is 38.2. The van der Waals surface area contributed by atoms with Crippen molar-refractivity contribution in [1.29, 1.82) is 0 Å². The number of hydrogen-bond acceptors (Lipinski definition) is 2. The fraction of sp³-hybridized carbons (Fsp3) is 0.316. The van der Waals surface area contributed by atoms with Crippen LogP contribution in [-0.2, 0) is 6.18 Å². The summed E-state index contributed by atoms with van der Waals surface area (Å²) in [6.45, 7) is 4.56. The Morgan fingerprint density at radius 3 is 2.36 bits per heavy atom. The van der Waals surface area contributed by atoms with Gasteiger partial charge in [0.25, 0.3) is 0 Å². The van der Waals surface area contributed by atoms with Gasteiger partial charge in [0.1, 0.15) is 5.84 Å². The Labute approximate surface area is 145 Å². The van der Waals surface area contributed by atoms with Gasteiger partial charge in [0.2, 0.25) is 0 Å². The van der Waals surface area contributed by atoms with Crippen LogP contribution < -0.4 is 5.32 Å². The van der Waals surface area contributed by atoms with E-state index in [0.29, 0.717) is 11.7 Å². The predicted octanol–water partition coefficient (Wildman–Crippen LogP) is 4.08. The second kappa shape index (κ2) is 7.27. The summed E-state index contributed by atoms with van der Waals surface area (Å²) >= 11 is 0. The SMILES string of the molecule is CC1CN(C(=Nc2ccc(C(F)(F)F)cc2)c2ccccc2)CCN1. The molecule has 0 aliphatic carbocycles. The van der Waals surface area contributed by atoms with E-state index in [1.807, 2.05) is 30.3 Å². The quantitative estimate of drug-likeness (QED) is 0.655. The van der Waals surface area contributed by atoms with E-state index < -0.39 is 11.7 Å². The first-order valence-corrected chi connectivity index (χ1v) is 8.23. The standard InChI is InChI=1S/C19H20F3N3/c1-14-13-25(12-11-23-14)18(15-5-3-2-4-6-15)24-17-9-7-16(8-10-17)19(20,21)22/h2-10,14,23H,11-13H2,1H3. The molecule has 25 heavy (non-hydrogen) atoms. The molecule has 3 rings (SSSR count). The van der Waals surface area contributed by atoms with Crippen molar-refractivity contribution in [2.45, 2.75) is 19.1 Å². The molecule has 1 aliphatic rings. The van der Waals surface area contributed by atoms with Gasteiger partial charge in [-0.3, -0.25) is 0 Å². The molecular weight excluding hydrogens is 327 g/mol. The maximum absolute atomic E-state index is 12.7. The van der Waals surface area contributed by atoms with Crippen molar-refractivity contribution in [3.63, 3.8) is 0 Å². The summed E-state index contributed by atoms with van der Waals surface area (Å²) in [5, 5.41) is 3.38. The molecule has 132 valence electrons. The molecule has 0 radical (unpaired) electrons. The molecule has 1 aliphatic heterocycles. The lowest BCUT2D eigenvalue weighted by Gasteiger charge is -2.34. The highest BCUT2D eigenvalue weighted by molar-refractivity contribution is 6.00. The van der Waals surface area contributed by atoms with Crippen molar-refractivity contribution in [1.82, 2.24) is 10.2 Å². The van der Waals surface area contributed by atoms with Crippen molar-refractivity contribution < 1.29 is 13.2 Å². The third-order valence-corrected chi connectivity index (χ3v) is 4.13. The van der Waals surface area contributed by atoms with Gasteiger partial charge >= 0.3 is 6.18 Å². The van der Waals surface area contributed by atoms with Gasteiger partial charge in [-0.15, -0.1) is 0 Å². The zero-order chi connectivity index (χ0) is 17.9. The fourth-order valence-corrected chi connectivity index (χ4v) is 2.88. The monoisotopic (exact) mass is 347 g/mol. The minimum Gasteiger partial charge on any atom is -0.353 e. The fourth-order valence-electron chi connectivity index (χ4n) is 2.88. The smallest absolute Gasteiger partial charge is 0.353 e. The van der Waals surface area contributed by atoms with E-state index in [1.165, 1.54) is 12.1 Å². The van der Waals surface area contributed by atoms with Crippen LogP contribution in [0.25, 0.3) is 0 Å². The lowest BCUT2D eigenvalue weighted by Crippen LogP contribution is -2.51. The minimum absolute atomic E-state index is 0.329. The number of halogens is 3. The molecule has 0 aromatic heterocycles. The molecule has 0 spiro atoms. The Hall–Kier alpha value is -2.34. The van der Waals surface area contributed by atoms with E-state index in [4.69, 9.17) is 0 Å². The first kappa shape index (κ1) is 17.5. The van der Waals surface area contributed by atoms with E-state index in [0.717, 1.165) is 43.2 Å². The molecule has 2 aromatic rings. The van der Waals surface area contributed by atoms with Crippen molar-refractivity contribution in [3.8, 4) is 0 Å². The summed E-state index contributed by atoms with van der Waals surface area (Å²) in [7, 11) is 0. The van der Waals surface area contributed by atoms with E-state index >= 15 is 0 Å². The van der Waals surface area contributed by atoms with E-state index in [2.05, 4.69) is 22.1 Å². The average Bonchev–Trinajstić information content (AvgIpc) is 2.60. The van der Waals surface area contributed by atoms with Gasteiger partial charge in [-0.2, -0.15) is 13.2 Å². The van der Waals surface area contributed by atoms with Gasteiger partial charge in [-0.25, -0.2) is 4.99 Å². The van der Waals surface area contributed by atoms with Crippen molar-refractivity contribution in [3.05, 3.63) is 65.7 Å². The predicted molar refractivity (Wildman–Crippen MR) is 93.1 cm³/mol. The molecule has 0 amide bonds. The van der Waals surface area contributed by atoms with Crippen LogP contribution in [-0.4, -0.2) is 36.4 Å². The summed E-state index contributed by atoms with van der Waals surface area (Å²) in [5.74, 6) is 0.786. The molecular formula is C19H20F3N3. The molecule has 1 unspecified atom stereocenters. The number of nitrogens with zero attached hydrogens (tertiary/aromatic N) is 2. The summed E-state index contributed by atoms with van der Waals surface area (Å²) in [6, 6.07) is 15.0. The molecule has 0 saturated carbocycles. The molecule has 0 bridgehead atoms. The number of hydrogen-bond donors (Lipinski definition) is 1. The van der Waals surface area contributed by atoms with Gasteiger partial charge in [0.05, 0.1) is 11.3 Å². The van der Waals surface area contributed by atoms with Gasteiger partial charge in [0.15, 0.2) is 0 Å². The zero-order valence-corrected chi connectivity index (χ0v) is 13.9. The second-order valence-electron chi connectivity index (χ2n) is 6.15. The summed E-state index contributed by atoms with van der Waals surface area (Å²) in [6.07, 6.45) is -4.33. The van der Waals surface area contributed by atoms with Crippen LogP contribution in [0.4, 0.5) is 18.9 Å². The minimum atomic E-state index is -4.33. The number of rotatable bonds is 2. The summed E-state index contributed by atoms with van der Waals surface area (Å²) in [4.78, 5) is 6.83. The van der Waals surface area contributed by atoms with Gasteiger partial charge in [-0.05, 0) is 31.2 Å². The average molecular weight is 347 g/mol. The first-order valence-electron chi connectivity index (χ1n) is 8.23. The van der Waals surface area contributed by atoms with Crippen molar-refractivity contribution >= 4 is 11.5 Å². The highest BCUT2D eigenvalue weighted by atomic mass is 19.4. The van der Waals surface area contributed by atoms with Gasteiger partial charge in [-0.1, -0.05) is 30.3 Å². The number of benzene rings is 2. The van der Waals surface area contributed by atoms with Crippen LogP contribution in [0.2, 0.25) is 0 Å². The highest BCUT2D eigenvalue weighted by Gasteiger charge is 2.30. The molecule has 1 heterocycles. The highest BCUT2D eigenvalue weighted by Crippen LogP contribution is 2.30. The van der Waals surface area contributed by atoms with Crippen LogP contribution in [0.1, 0.15) is 18.1 Å². The Kier molecular flexibility index (Phi) is 5.08. The number of amidine groups is 1. The lowest BCUT2D eigenvalue weighted by atomic mass is 10.1. The van der Waals surface area contributed by atoms with Crippen LogP contribution in [0.5, 0.6) is 0 Å². The Balaban J connectivity index is 1.95. The molecule has 1 fully saturated rings. The molecule has 6 heteroatoms. The second-order valence-corrected chi connectivity index (χ2v) is 6.15. The molecule has 2 aromatic carbocycles. The van der Waals surface area contributed by atoms with Crippen LogP contribution in [0.3, 0.4) is 0 Å². The number of nitrogens with one attached hydrogen (secondary N) is 1. The van der Waals surface area contributed by atoms with E-state index in [9.17, 15) is 13.2 Å². The molecule has 1 saturated heterocycles. The summed E-state index contributed by atoms with van der Waals surface area (Å²) in [5.41, 5.74) is 0.804. The van der Waals surface area contributed by atoms with Crippen LogP contribution in [0.15, 0.2) is 59.6 Å². The lowest BCUT2D eigenvalue weighted by molar-refractivity contribution is -0.137. The third-order valence-electron chi connectivity index (χ3n) is 4.13. The normalized spacial score (nSPS) is 19.1. The van der Waals surface area contributed by atoms with Crippen LogP contribution in [0, 0.1) is 0 Å². The number of aliphatic imine (C=N–C) groups is 1. The number of alkyl halides is 3. The largest absolute Gasteiger partial charge is 0.416 e. The maximum atomic E-state index is 12.7. The number of piperazine rings is 1. The molecule has 3 nitrogen and oxygen atoms in total. The topological polar surface area (TPSA) is 27.6 Å². The van der Waals surface area contributed by atoms with Gasteiger partial charge in [0, 0.05) is 31.2 Å². The zero-order valence-electron chi connectivity index (χ0n) is 13.9. The maximum Gasteiger partial charge on any atom is 0.416 e. The van der Waals surface area contributed by atoms with Crippen molar-refractivity contribution in [2.24, 2.45) is 4.99 Å². The first-order chi connectivity index (χ1) is 11.9. The Morgan fingerprint density at radius 2 is 1.76 bits per heavy atom.